The number of carbonyl (C=O) groups is 1. The zero-order valence-corrected chi connectivity index (χ0v) is 15.9. The minimum Gasteiger partial charge on any atom is -0.492 e. The molecule has 0 aromatic heterocycles. The van der Waals surface area contributed by atoms with Crippen LogP contribution in [0.25, 0.3) is 0 Å². The molecule has 1 aliphatic rings. The number of benzene rings is 1. The van der Waals surface area contributed by atoms with Gasteiger partial charge in [0.05, 0.1) is 22.4 Å². The molecular formula is C17H23ClFNO4S. The third kappa shape index (κ3) is 5.07. The van der Waals surface area contributed by atoms with Gasteiger partial charge in [-0.3, -0.25) is 4.79 Å². The fourth-order valence-electron chi connectivity index (χ4n) is 2.70. The molecule has 1 atom stereocenters. The van der Waals surface area contributed by atoms with Crippen molar-refractivity contribution in [1.82, 2.24) is 4.72 Å². The number of hydrogen-bond donors (Lipinski definition) is 1. The van der Waals surface area contributed by atoms with E-state index in [0.717, 1.165) is 25.0 Å². The van der Waals surface area contributed by atoms with Gasteiger partial charge in [-0.25, -0.2) is 17.5 Å². The first-order chi connectivity index (χ1) is 11.7. The van der Waals surface area contributed by atoms with Crippen molar-refractivity contribution in [1.29, 1.82) is 0 Å². The van der Waals surface area contributed by atoms with Crippen LogP contribution in [0.1, 0.15) is 56.3 Å². The molecule has 0 bridgehead atoms. The molecule has 1 aliphatic carbocycles. The summed E-state index contributed by atoms with van der Waals surface area (Å²) < 4.78 is 45.6. The van der Waals surface area contributed by atoms with Crippen LogP contribution in [-0.4, -0.2) is 26.2 Å². The Labute approximate surface area is 152 Å². The molecule has 1 saturated carbocycles. The van der Waals surface area contributed by atoms with Crippen LogP contribution in [-0.2, 0) is 10.0 Å². The van der Waals surface area contributed by atoms with E-state index in [1.165, 1.54) is 19.8 Å². The van der Waals surface area contributed by atoms with E-state index in [2.05, 4.69) is 0 Å². The Kier molecular flexibility index (Phi) is 6.68. The van der Waals surface area contributed by atoms with Gasteiger partial charge in [-0.05, 0) is 38.2 Å². The quantitative estimate of drug-likeness (QED) is 0.764. The number of nitrogens with one attached hydrogen (secondary N) is 1. The number of hydrogen-bond acceptors (Lipinski definition) is 4. The molecule has 25 heavy (non-hydrogen) atoms. The SMILES string of the molecule is CC[C@H](C)S(=O)(=O)NC(=O)c1cc(Cl)c(OCC2CCCC2)cc1F. The maximum Gasteiger partial charge on any atom is 0.267 e. The molecule has 0 aliphatic heterocycles. The molecule has 1 N–H and O–H groups in total. The van der Waals surface area contributed by atoms with Crippen LogP contribution in [0.2, 0.25) is 5.02 Å². The molecule has 2 rings (SSSR count). The zero-order chi connectivity index (χ0) is 18.6. The Morgan fingerprint density at radius 3 is 2.64 bits per heavy atom. The van der Waals surface area contributed by atoms with E-state index in [9.17, 15) is 17.6 Å². The number of halogens is 2. The first-order valence-corrected chi connectivity index (χ1v) is 10.3. The van der Waals surface area contributed by atoms with Crippen LogP contribution < -0.4 is 9.46 Å². The fourth-order valence-corrected chi connectivity index (χ4v) is 3.93. The van der Waals surface area contributed by atoms with Crippen molar-refractivity contribution in [3.05, 3.63) is 28.5 Å². The first-order valence-electron chi connectivity index (χ1n) is 8.42. The summed E-state index contributed by atoms with van der Waals surface area (Å²) >= 11 is 6.07. The average molecular weight is 392 g/mol. The van der Waals surface area contributed by atoms with E-state index in [4.69, 9.17) is 16.3 Å². The molecule has 5 nitrogen and oxygen atoms in total. The highest BCUT2D eigenvalue weighted by Gasteiger charge is 2.25. The molecule has 0 spiro atoms. The molecule has 1 aromatic rings. The predicted molar refractivity (Wildman–Crippen MR) is 95.0 cm³/mol. The average Bonchev–Trinajstić information content (AvgIpc) is 3.07. The van der Waals surface area contributed by atoms with E-state index in [1.807, 2.05) is 4.72 Å². The van der Waals surface area contributed by atoms with Crippen LogP contribution in [0.5, 0.6) is 5.75 Å². The molecule has 0 radical (unpaired) electrons. The van der Waals surface area contributed by atoms with Crippen LogP contribution in [0, 0.1) is 11.7 Å². The molecular weight excluding hydrogens is 369 g/mol. The van der Waals surface area contributed by atoms with Crippen molar-refractivity contribution in [2.45, 2.75) is 51.2 Å². The summed E-state index contributed by atoms with van der Waals surface area (Å²) in [7, 11) is -3.86. The summed E-state index contributed by atoms with van der Waals surface area (Å²) in [6, 6.07) is 2.13. The second-order valence-electron chi connectivity index (χ2n) is 6.42. The van der Waals surface area contributed by atoms with Crippen molar-refractivity contribution in [2.75, 3.05) is 6.61 Å². The van der Waals surface area contributed by atoms with Gasteiger partial charge in [-0.1, -0.05) is 31.4 Å². The normalized spacial score (nSPS) is 16.6. The summed E-state index contributed by atoms with van der Waals surface area (Å²) in [5.74, 6) is -1.32. The van der Waals surface area contributed by atoms with Crippen molar-refractivity contribution < 1.29 is 22.3 Å². The second-order valence-corrected chi connectivity index (χ2v) is 8.93. The van der Waals surface area contributed by atoms with Crippen LogP contribution in [0.3, 0.4) is 0 Å². The Balaban J connectivity index is 2.11. The maximum atomic E-state index is 14.2. The van der Waals surface area contributed by atoms with E-state index in [1.54, 1.807) is 6.92 Å². The number of carbonyl (C=O) groups excluding carboxylic acids is 1. The number of ether oxygens (including phenoxy) is 1. The van der Waals surface area contributed by atoms with Gasteiger partial charge in [0.1, 0.15) is 11.6 Å². The van der Waals surface area contributed by atoms with Gasteiger partial charge in [-0.15, -0.1) is 0 Å². The number of sulfonamides is 1. The molecule has 0 saturated heterocycles. The largest absolute Gasteiger partial charge is 0.492 e. The van der Waals surface area contributed by atoms with Gasteiger partial charge in [-0.2, -0.15) is 0 Å². The highest BCUT2D eigenvalue weighted by Crippen LogP contribution is 2.31. The monoisotopic (exact) mass is 391 g/mol. The third-order valence-corrected chi connectivity index (χ3v) is 6.71. The van der Waals surface area contributed by atoms with Gasteiger partial charge in [0, 0.05) is 6.07 Å². The summed E-state index contributed by atoms with van der Waals surface area (Å²) in [6.07, 6.45) is 4.82. The van der Waals surface area contributed by atoms with Crippen LogP contribution in [0.15, 0.2) is 12.1 Å². The summed E-state index contributed by atoms with van der Waals surface area (Å²) in [5, 5.41) is -0.686. The van der Waals surface area contributed by atoms with Gasteiger partial charge >= 0.3 is 0 Å². The molecule has 1 fully saturated rings. The number of rotatable bonds is 7. The Morgan fingerprint density at radius 1 is 1.40 bits per heavy atom. The van der Waals surface area contributed by atoms with E-state index in [-0.39, 0.29) is 10.8 Å². The zero-order valence-electron chi connectivity index (χ0n) is 14.3. The van der Waals surface area contributed by atoms with Gasteiger partial charge < -0.3 is 4.74 Å². The highest BCUT2D eigenvalue weighted by atomic mass is 35.5. The van der Waals surface area contributed by atoms with E-state index < -0.39 is 32.6 Å². The van der Waals surface area contributed by atoms with E-state index in [0.29, 0.717) is 18.9 Å². The second kappa shape index (κ2) is 8.36. The molecule has 0 heterocycles. The smallest absolute Gasteiger partial charge is 0.267 e. The summed E-state index contributed by atoms with van der Waals surface area (Å²) in [4.78, 5) is 12.1. The highest BCUT2D eigenvalue weighted by molar-refractivity contribution is 7.90. The Bertz CT molecular complexity index is 732. The van der Waals surface area contributed by atoms with Crippen molar-refractivity contribution in [3.63, 3.8) is 0 Å². The molecule has 8 heteroatoms. The lowest BCUT2D eigenvalue weighted by Gasteiger charge is -2.15. The number of amides is 1. The van der Waals surface area contributed by atoms with E-state index >= 15 is 0 Å². The van der Waals surface area contributed by atoms with Crippen LogP contribution >= 0.6 is 11.6 Å². The summed E-state index contributed by atoms with van der Waals surface area (Å²) in [5.41, 5.74) is -0.426. The Hall–Kier alpha value is -1.34. The molecule has 1 aromatic carbocycles. The summed E-state index contributed by atoms with van der Waals surface area (Å²) in [6.45, 7) is 3.61. The minimum atomic E-state index is -3.86. The van der Waals surface area contributed by atoms with Crippen molar-refractivity contribution in [2.24, 2.45) is 5.92 Å². The fraction of sp³-hybridized carbons (Fsp3) is 0.588. The Morgan fingerprint density at radius 2 is 2.04 bits per heavy atom. The van der Waals surface area contributed by atoms with Crippen molar-refractivity contribution in [3.8, 4) is 5.75 Å². The first kappa shape index (κ1) is 20.0. The molecule has 0 unspecified atom stereocenters. The predicted octanol–water partition coefficient (Wildman–Crippen LogP) is 3.91. The standard InChI is InChI=1S/C17H23ClFNO4S/c1-3-11(2)25(22,23)20-17(21)13-8-14(18)16(9-15(13)19)24-10-12-6-4-5-7-12/h8-9,11-12H,3-7,10H2,1-2H3,(H,20,21)/t11-/m0/s1. The lowest BCUT2D eigenvalue weighted by molar-refractivity contribution is 0.0977. The minimum absolute atomic E-state index is 0.0745. The maximum absolute atomic E-state index is 14.2. The topological polar surface area (TPSA) is 72.5 Å². The van der Waals surface area contributed by atoms with Crippen molar-refractivity contribution >= 4 is 27.5 Å². The lowest BCUT2D eigenvalue weighted by atomic mass is 10.1. The van der Waals surface area contributed by atoms with Gasteiger partial charge in [0.15, 0.2) is 0 Å². The molecule has 1 amide bonds. The molecule has 140 valence electrons. The third-order valence-electron chi connectivity index (χ3n) is 4.56. The van der Waals surface area contributed by atoms with Crippen LogP contribution in [0.4, 0.5) is 4.39 Å². The van der Waals surface area contributed by atoms with Gasteiger partial charge in [0.2, 0.25) is 10.0 Å². The lowest BCUT2D eigenvalue weighted by Crippen LogP contribution is -2.37. The van der Waals surface area contributed by atoms with Gasteiger partial charge in [0.25, 0.3) is 5.91 Å².